The van der Waals surface area contributed by atoms with Gasteiger partial charge in [0, 0.05) is 25.0 Å². The van der Waals surface area contributed by atoms with Crippen molar-refractivity contribution in [1.82, 2.24) is 10.2 Å². The number of nitrogens with one attached hydrogen (secondary N) is 1. The number of carbonyl (C=O) groups is 1. The maximum absolute atomic E-state index is 12.2. The average Bonchev–Trinajstić information content (AvgIpc) is 2.76. The Labute approximate surface area is 106 Å². The third-order valence-corrected chi connectivity index (χ3v) is 4.11. The van der Waals surface area contributed by atoms with Gasteiger partial charge in [-0.05, 0) is 25.1 Å². The van der Waals surface area contributed by atoms with Gasteiger partial charge in [0.1, 0.15) is 0 Å². The third kappa shape index (κ3) is 1.83. The van der Waals surface area contributed by atoms with Gasteiger partial charge in [-0.25, -0.2) is 0 Å². The first-order chi connectivity index (χ1) is 8.20. The Morgan fingerprint density at radius 1 is 1.35 bits per heavy atom. The number of hydrogen-bond donors (Lipinski definition) is 1. The van der Waals surface area contributed by atoms with E-state index in [0.717, 1.165) is 26.2 Å². The summed E-state index contributed by atoms with van der Waals surface area (Å²) < 4.78 is 0. The molecule has 0 atom stereocenters. The second-order valence-corrected chi connectivity index (χ2v) is 5.48. The Hall–Kier alpha value is -1.06. The van der Waals surface area contributed by atoms with E-state index in [1.165, 1.54) is 6.42 Å². The van der Waals surface area contributed by atoms with Crippen LogP contribution in [-0.4, -0.2) is 37.0 Å². The fraction of sp³-hybridized carbons (Fsp3) is 0.462. The summed E-state index contributed by atoms with van der Waals surface area (Å²) in [6.07, 6.45) is 1.18. The molecule has 0 radical (unpaired) electrons. The van der Waals surface area contributed by atoms with Crippen molar-refractivity contribution in [3.8, 4) is 0 Å². The van der Waals surface area contributed by atoms with E-state index in [4.69, 9.17) is 11.6 Å². The Kier molecular flexibility index (Phi) is 2.60. The summed E-state index contributed by atoms with van der Waals surface area (Å²) in [5, 5.41) is 3.91. The third-order valence-electron chi connectivity index (χ3n) is 3.78. The Morgan fingerprint density at radius 2 is 2.12 bits per heavy atom. The highest BCUT2D eigenvalue weighted by Crippen LogP contribution is 2.37. The van der Waals surface area contributed by atoms with Gasteiger partial charge in [-0.1, -0.05) is 23.7 Å². The molecule has 3 rings (SSSR count). The zero-order valence-corrected chi connectivity index (χ0v) is 10.3. The lowest BCUT2D eigenvalue weighted by Crippen LogP contribution is -2.59. The normalized spacial score (nSPS) is 21.6. The standard InChI is InChI=1S/C13H15ClN2O/c14-11-4-2-1-3-10(11)12(17)16-8-13(9-16)5-6-15-7-13/h1-4,15H,5-9H2. The molecule has 0 saturated carbocycles. The van der Waals surface area contributed by atoms with Crippen LogP contribution in [-0.2, 0) is 0 Å². The molecule has 1 spiro atoms. The van der Waals surface area contributed by atoms with E-state index in [9.17, 15) is 4.79 Å². The average molecular weight is 251 g/mol. The zero-order valence-electron chi connectivity index (χ0n) is 9.58. The van der Waals surface area contributed by atoms with Gasteiger partial charge in [-0.15, -0.1) is 0 Å². The van der Waals surface area contributed by atoms with E-state index in [-0.39, 0.29) is 5.91 Å². The first-order valence-electron chi connectivity index (χ1n) is 5.95. The SMILES string of the molecule is O=C(c1ccccc1Cl)N1CC2(CCNC2)C1. The second-order valence-electron chi connectivity index (χ2n) is 5.07. The molecule has 1 amide bonds. The molecule has 0 aromatic heterocycles. The van der Waals surface area contributed by atoms with Crippen molar-refractivity contribution in [3.05, 3.63) is 34.9 Å². The van der Waals surface area contributed by atoms with E-state index >= 15 is 0 Å². The summed E-state index contributed by atoms with van der Waals surface area (Å²) in [7, 11) is 0. The lowest BCUT2D eigenvalue weighted by molar-refractivity contribution is 0.0159. The molecular formula is C13H15ClN2O. The summed E-state index contributed by atoms with van der Waals surface area (Å²) in [6, 6.07) is 7.26. The molecule has 2 aliphatic heterocycles. The van der Waals surface area contributed by atoms with Crippen molar-refractivity contribution in [2.24, 2.45) is 5.41 Å². The van der Waals surface area contributed by atoms with Crippen LogP contribution in [0.2, 0.25) is 5.02 Å². The Morgan fingerprint density at radius 3 is 2.76 bits per heavy atom. The predicted octanol–water partition coefficient (Wildman–Crippen LogP) is 1.78. The minimum atomic E-state index is 0.0631. The summed E-state index contributed by atoms with van der Waals surface area (Å²) in [5.74, 6) is 0.0631. The first-order valence-corrected chi connectivity index (χ1v) is 6.33. The van der Waals surface area contributed by atoms with Gasteiger partial charge in [0.05, 0.1) is 10.6 Å². The van der Waals surface area contributed by atoms with Crippen LogP contribution in [0.25, 0.3) is 0 Å². The van der Waals surface area contributed by atoms with E-state index in [1.54, 1.807) is 12.1 Å². The molecule has 2 heterocycles. The number of amides is 1. The van der Waals surface area contributed by atoms with Crippen LogP contribution in [0.5, 0.6) is 0 Å². The molecule has 0 bridgehead atoms. The molecule has 17 heavy (non-hydrogen) atoms. The maximum Gasteiger partial charge on any atom is 0.255 e. The van der Waals surface area contributed by atoms with Gasteiger partial charge in [-0.3, -0.25) is 4.79 Å². The van der Waals surface area contributed by atoms with E-state index in [2.05, 4.69) is 5.32 Å². The summed E-state index contributed by atoms with van der Waals surface area (Å²) >= 11 is 6.04. The highest BCUT2D eigenvalue weighted by molar-refractivity contribution is 6.33. The number of hydrogen-bond acceptors (Lipinski definition) is 2. The molecular weight excluding hydrogens is 236 g/mol. The highest BCUT2D eigenvalue weighted by atomic mass is 35.5. The van der Waals surface area contributed by atoms with Crippen LogP contribution in [0, 0.1) is 5.41 Å². The number of rotatable bonds is 1. The molecule has 0 aliphatic carbocycles. The van der Waals surface area contributed by atoms with Gasteiger partial charge in [-0.2, -0.15) is 0 Å². The Balaban J connectivity index is 1.71. The summed E-state index contributed by atoms with van der Waals surface area (Å²) in [5.41, 5.74) is 0.965. The number of carbonyl (C=O) groups excluding carboxylic acids is 1. The van der Waals surface area contributed by atoms with E-state index in [0.29, 0.717) is 16.0 Å². The monoisotopic (exact) mass is 250 g/mol. The molecule has 1 N–H and O–H groups in total. The van der Waals surface area contributed by atoms with Crippen molar-refractivity contribution in [3.63, 3.8) is 0 Å². The second kappa shape index (κ2) is 4.00. The molecule has 2 saturated heterocycles. The molecule has 90 valence electrons. The molecule has 2 fully saturated rings. The minimum absolute atomic E-state index is 0.0631. The van der Waals surface area contributed by atoms with Crippen molar-refractivity contribution >= 4 is 17.5 Å². The molecule has 1 aromatic rings. The van der Waals surface area contributed by atoms with Crippen molar-refractivity contribution in [2.45, 2.75) is 6.42 Å². The van der Waals surface area contributed by atoms with Gasteiger partial charge in [0.2, 0.25) is 0 Å². The lowest BCUT2D eigenvalue weighted by atomic mass is 9.79. The number of benzene rings is 1. The minimum Gasteiger partial charge on any atom is -0.337 e. The van der Waals surface area contributed by atoms with Crippen LogP contribution in [0.1, 0.15) is 16.8 Å². The summed E-state index contributed by atoms with van der Waals surface area (Å²) in [6.45, 7) is 3.85. The van der Waals surface area contributed by atoms with Crippen LogP contribution in [0.3, 0.4) is 0 Å². The van der Waals surface area contributed by atoms with Gasteiger partial charge in [0.25, 0.3) is 5.91 Å². The maximum atomic E-state index is 12.2. The molecule has 3 nitrogen and oxygen atoms in total. The van der Waals surface area contributed by atoms with E-state index < -0.39 is 0 Å². The van der Waals surface area contributed by atoms with E-state index in [1.807, 2.05) is 17.0 Å². The summed E-state index contributed by atoms with van der Waals surface area (Å²) in [4.78, 5) is 14.1. The fourth-order valence-electron chi connectivity index (χ4n) is 2.78. The largest absolute Gasteiger partial charge is 0.337 e. The van der Waals surface area contributed by atoms with Crippen LogP contribution in [0.15, 0.2) is 24.3 Å². The van der Waals surface area contributed by atoms with Crippen LogP contribution in [0.4, 0.5) is 0 Å². The van der Waals surface area contributed by atoms with Gasteiger partial charge < -0.3 is 10.2 Å². The smallest absolute Gasteiger partial charge is 0.255 e. The quantitative estimate of drug-likeness (QED) is 0.824. The van der Waals surface area contributed by atoms with Crippen LogP contribution < -0.4 is 5.32 Å². The Bertz CT molecular complexity index is 446. The zero-order chi connectivity index (χ0) is 11.9. The van der Waals surface area contributed by atoms with Crippen molar-refractivity contribution < 1.29 is 4.79 Å². The lowest BCUT2D eigenvalue weighted by Gasteiger charge is -2.47. The molecule has 2 aliphatic rings. The predicted molar refractivity (Wildman–Crippen MR) is 67.3 cm³/mol. The number of halogens is 1. The number of nitrogens with zero attached hydrogens (tertiary/aromatic N) is 1. The van der Waals surface area contributed by atoms with Crippen molar-refractivity contribution in [1.29, 1.82) is 0 Å². The fourth-order valence-corrected chi connectivity index (χ4v) is 2.99. The molecule has 0 unspecified atom stereocenters. The highest BCUT2D eigenvalue weighted by Gasteiger charge is 2.46. The van der Waals surface area contributed by atoms with Gasteiger partial charge >= 0.3 is 0 Å². The number of likely N-dealkylation sites (tertiary alicyclic amines) is 1. The first kappa shape index (κ1) is 11.1. The van der Waals surface area contributed by atoms with Gasteiger partial charge in [0.15, 0.2) is 0 Å². The van der Waals surface area contributed by atoms with Crippen molar-refractivity contribution in [2.75, 3.05) is 26.2 Å². The molecule has 4 heteroatoms. The van der Waals surface area contributed by atoms with Crippen LogP contribution >= 0.6 is 11.6 Å². The topological polar surface area (TPSA) is 32.3 Å². The molecule has 1 aromatic carbocycles.